The zero-order chi connectivity index (χ0) is 12.6. The standard InChI is InChI=1S/C14H21NOS/c1-9-8-15-6-5-11-10(9)7-12(17-11)13(16)14(2,3)4/h7,9,15H,5-6,8H2,1-4H3. The van der Waals surface area contributed by atoms with Crippen molar-refractivity contribution in [3.8, 4) is 0 Å². The quantitative estimate of drug-likeness (QED) is 0.776. The summed E-state index contributed by atoms with van der Waals surface area (Å²) in [6, 6.07) is 2.13. The second-order valence-electron chi connectivity index (χ2n) is 5.92. The summed E-state index contributed by atoms with van der Waals surface area (Å²) < 4.78 is 0. The molecule has 2 nitrogen and oxygen atoms in total. The minimum absolute atomic E-state index is 0.273. The summed E-state index contributed by atoms with van der Waals surface area (Å²) in [5.74, 6) is 0.793. The first kappa shape index (κ1) is 12.8. The van der Waals surface area contributed by atoms with Gasteiger partial charge in [-0.3, -0.25) is 4.79 Å². The van der Waals surface area contributed by atoms with E-state index in [1.165, 1.54) is 10.4 Å². The van der Waals surface area contributed by atoms with E-state index in [1.54, 1.807) is 11.3 Å². The molecule has 2 heterocycles. The Morgan fingerprint density at radius 1 is 1.47 bits per heavy atom. The maximum Gasteiger partial charge on any atom is 0.178 e. The van der Waals surface area contributed by atoms with E-state index in [-0.39, 0.29) is 11.2 Å². The lowest BCUT2D eigenvalue weighted by atomic mass is 9.89. The first-order chi connectivity index (χ1) is 7.89. The SMILES string of the molecule is CC1CNCCc2sc(C(=O)C(C)(C)C)cc21. The molecule has 2 rings (SSSR count). The Morgan fingerprint density at radius 2 is 2.18 bits per heavy atom. The van der Waals surface area contributed by atoms with Crippen molar-refractivity contribution < 1.29 is 4.79 Å². The van der Waals surface area contributed by atoms with Gasteiger partial charge in [0.15, 0.2) is 5.78 Å². The van der Waals surface area contributed by atoms with Gasteiger partial charge < -0.3 is 5.32 Å². The van der Waals surface area contributed by atoms with Crippen LogP contribution in [0, 0.1) is 5.41 Å². The Labute approximate surface area is 107 Å². The number of fused-ring (bicyclic) bond motifs is 1. The first-order valence-electron chi connectivity index (χ1n) is 6.27. The highest BCUT2D eigenvalue weighted by atomic mass is 32.1. The number of rotatable bonds is 1. The van der Waals surface area contributed by atoms with Crippen LogP contribution < -0.4 is 5.32 Å². The Balaban J connectivity index is 2.34. The highest BCUT2D eigenvalue weighted by Crippen LogP contribution is 2.33. The fourth-order valence-electron chi connectivity index (χ4n) is 2.17. The summed E-state index contributed by atoms with van der Waals surface area (Å²) in [7, 11) is 0. The number of nitrogens with one attached hydrogen (secondary N) is 1. The average Bonchev–Trinajstić information content (AvgIpc) is 2.58. The fraction of sp³-hybridized carbons (Fsp3) is 0.643. The molecule has 1 aliphatic rings. The van der Waals surface area contributed by atoms with E-state index in [2.05, 4.69) is 18.3 Å². The molecule has 0 bridgehead atoms. The van der Waals surface area contributed by atoms with Crippen molar-refractivity contribution in [2.24, 2.45) is 5.41 Å². The van der Waals surface area contributed by atoms with Gasteiger partial charge >= 0.3 is 0 Å². The van der Waals surface area contributed by atoms with Crippen LogP contribution in [0.3, 0.4) is 0 Å². The van der Waals surface area contributed by atoms with Gasteiger partial charge in [0.25, 0.3) is 0 Å². The van der Waals surface area contributed by atoms with Crippen molar-refractivity contribution >= 4 is 17.1 Å². The van der Waals surface area contributed by atoms with E-state index in [0.717, 1.165) is 24.4 Å². The maximum absolute atomic E-state index is 12.3. The molecule has 0 spiro atoms. The molecule has 1 unspecified atom stereocenters. The second kappa shape index (κ2) is 4.54. The molecule has 94 valence electrons. The molecule has 0 amide bonds. The Hall–Kier alpha value is -0.670. The molecule has 0 radical (unpaired) electrons. The van der Waals surface area contributed by atoms with Gasteiger partial charge in [0.1, 0.15) is 0 Å². The van der Waals surface area contributed by atoms with Gasteiger partial charge in [-0.1, -0.05) is 27.7 Å². The smallest absolute Gasteiger partial charge is 0.178 e. The third-order valence-electron chi connectivity index (χ3n) is 3.26. The molecular formula is C14H21NOS. The molecule has 0 fully saturated rings. The van der Waals surface area contributed by atoms with Crippen LogP contribution in [0.2, 0.25) is 0 Å². The lowest BCUT2D eigenvalue weighted by Crippen LogP contribution is -2.20. The van der Waals surface area contributed by atoms with Crippen LogP contribution in [0.4, 0.5) is 0 Å². The predicted octanol–water partition coefficient (Wildman–Crippen LogP) is 3.23. The summed E-state index contributed by atoms with van der Waals surface area (Å²) in [6.07, 6.45) is 1.06. The van der Waals surface area contributed by atoms with Crippen LogP contribution in [-0.4, -0.2) is 18.9 Å². The van der Waals surface area contributed by atoms with Gasteiger partial charge in [-0.15, -0.1) is 11.3 Å². The average molecular weight is 251 g/mol. The largest absolute Gasteiger partial charge is 0.316 e. The molecule has 1 N–H and O–H groups in total. The Morgan fingerprint density at radius 3 is 2.82 bits per heavy atom. The number of Topliss-reactive ketones (excluding diaryl/α,β-unsaturated/α-hetero) is 1. The van der Waals surface area contributed by atoms with Crippen molar-refractivity contribution in [1.82, 2.24) is 5.32 Å². The van der Waals surface area contributed by atoms with Crippen molar-refractivity contribution in [2.75, 3.05) is 13.1 Å². The molecule has 0 aliphatic carbocycles. The maximum atomic E-state index is 12.3. The van der Waals surface area contributed by atoms with Gasteiger partial charge in [-0.05, 0) is 30.5 Å². The summed E-state index contributed by atoms with van der Waals surface area (Å²) in [5, 5.41) is 3.43. The number of hydrogen-bond donors (Lipinski definition) is 1. The van der Waals surface area contributed by atoms with Gasteiger partial charge in [-0.2, -0.15) is 0 Å². The third kappa shape index (κ3) is 2.61. The zero-order valence-corrected chi connectivity index (χ0v) is 11.9. The van der Waals surface area contributed by atoms with E-state index >= 15 is 0 Å². The van der Waals surface area contributed by atoms with Crippen molar-refractivity contribution in [2.45, 2.75) is 40.0 Å². The second-order valence-corrected chi connectivity index (χ2v) is 7.06. The Bertz CT molecular complexity index is 428. The van der Waals surface area contributed by atoms with E-state index in [0.29, 0.717) is 5.92 Å². The van der Waals surface area contributed by atoms with Crippen LogP contribution in [0.15, 0.2) is 6.07 Å². The number of ketones is 1. The molecule has 1 atom stereocenters. The zero-order valence-electron chi connectivity index (χ0n) is 11.1. The van der Waals surface area contributed by atoms with Gasteiger partial charge in [-0.25, -0.2) is 0 Å². The first-order valence-corrected chi connectivity index (χ1v) is 7.09. The lowest BCUT2D eigenvalue weighted by molar-refractivity contribution is 0.0862. The van der Waals surface area contributed by atoms with Crippen LogP contribution in [0.1, 0.15) is 53.7 Å². The highest BCUT2D eigenvalue weighted by molar-refractivity contribution is 7.14. The molecule has 3 heteroatoms. The van der Waals surface area contributed by atoms with E-state index < -0.39 is 0 Å². The van der Waals surface area contributed by atoms with Crippen LogP contribution in [0.5, 0.6) is 0 Å². The summed E-state index contributed by atoms with van der Waals surface area (Å²) >= 11 is 1.70. The minimum Gasteiger partial charge on any atom is -0.316 e. The minimum atomic E-state index is -0.273. The van der Waals surface area contributed by atoms with Crippen molar-refractivity contribution in [3.05, 3.63) is 21.4 Å². The molecule has 1 aromatic rings. The number of carbonyl (C=O) groups excluding carboxylic acids is 1. The molecule has 0 saturated carbocycles. The number of hydrogen-bond acceptors (Lipinski definition) is 3. The highest BCUT2D eigenvalue weighted by Gasteiger charge is 2.27. The molecule has 0 aromatic carbocycles. The van der Waals surface area contributed by atoms with Crippen molar-refractivity contribution in [3.63, 3.8) is 0 Å². The van der Waals surface area contributed by atoms with Gasteiger partial charge in [0, 0.05) is 16.8 Å². The predicted molar refractivity (Wildman–Crippen MR) is 73.1 cm³/mol. The molecule has 1 aliphatic heterocycles. The fourth-order valence-corrected chi connectivity index (χ4v) is 3.60. The van der Waals surface area contributed by atoms with Crippen LogP contribution in [-0.2, 0) is 6.42 Å². The van der Waals surface area contributed by atoms with E-state index in [4.69, 9.17) is 0 Å². The van der Waals surface area contributed by atoms with Crippen LogP contribution in [0.25, 0.3) is 0 Å². The number of carbonyl (C=O) groups is 1. The molecular weight excluding hydrogens is 230 g/mol. The van der Waals surface area contributed by atoms with Gasteiger partial charge in [0.05, 0.1) is 4.88 Å². The molecule has 0 saturated heterocycles. The summed E-state index contributed by atoms with van der Waals surface area (Å²) in [6.45, 7) is 10.3. The summed E-state index contributed by atoms with van der Waals surface area (Å²) in [5.41, 5.74) is 1.11. The molecule has 1 aromatic heterocycles. The van der Waals surface area contributed by atoms with Crippen LogP contribution >= 0.6 is 11.3 Å². The van der Waals surface area contributed by atoms with Gasteiger partial charge in [0.2, 0.25) is 0 Å². The third-order valence-corrected chi connectivity index (χ3v) is 4.47. The van der Waals surface area contributed by atoms with Crippen molar-refractivity contribution in [1.29, 1.82) is 0 Å². The molecule has 17 heavy (non-hydrogen) atoms. The Kier molecular flexibility index (Phi) is 3.41. The van der Waals surface area contributed by atoms with E-state index in [9.17, 15) is 4.79 Å². The normalized spacial score (nSPS) is 20.8. The lowest BCUT2D eigenvalue weighted by Gasteiger charge is -2.14. The number of thiophene rings is 1. The topological polar surface area (TPSA) is 29.1 Å². The monoisotopic (exact) mass is 251 g/mol. The van der Waals surface area contributed by atoms with E-state index in [1.807, 2.05) is 20.8 Å². The summed E-state index contributed by atoms with van der Waals surface area (Å²) in [4.78, 5) is 14.6.